The number of nitrogens with one attached hydrogen (secondary N) is 1. The number of piperidine rings is 1. The van der Waals surface area contributed by atoms with Gasteiger partial charge < -0.3 is 15.0 Å². The van der Waals surface area contributed by atoms with Gasteiger partial charge in [0.2, 0.25) is 0 Å². The smallest absolute Gasteiger partial charge is 0.146 e. The van der Waals surface area contributed by atoms with Crippen molar-refractivity contribution in [1.29, 1.82) is 0 Å². The van der Waals surface area contributed by atoms with Crippen LogP contribution in [0, 0.1) is 11.7 Å². The van der Waals surface area contributed by atoms with Gasteiger partial charge in [0.1, 0.15) is 11.6 Å². The third-order valence-electron chi connectivity index (χ3n) is 4.40. The first-order valence-corrected chi connectivity index (χ1v) is 6.86. The molecular formula is C15H23FN2O. The summed E-state index contributed by atoms with van der Waals surface area (Å²) in [6.45, 7) is 5.24. The van der Waals surface area contributed by atoms with Crippen LogP contribution in [0.25, 0.3) is 0 Å². The zero-order valence-corrected chi connectivity index (χ0v) is 12.1. The van der Waals surface area contributed by atoms with Gasteiger partial charge in [0.15, 0.2) is 0 Å². The Balaban J connectivity index is 2.27. The van der Waals surface area contributed by atoms with E-state index in [0.29, 0.717) is 29.4 Å². The molecule has 1 heterocycles. The Morgan fingerprint density at radius 2 is 2.11 bits per heavy atom. The number of halogens is 1. The summed E-state index contributed by atoms with van der Waals surface area (Å²) in [4.78, 5) is 2.15. The molecule has 1 N–H and O–H groups in total. The third-order valence-corrected chi connectivity index (χ3v) is 4.40. The van der Waals surface area contributed by atoms with E-state index in [-0.39, 0.29) is 5.82 Å². The van der Waals surface area contributed by atoms with Crippen molar-refractivity contribution < 1.29 is 9.13 Å². The highest BCUT2D eigenvalue weighted by atomic mass is 19.1. The van der Waals surface area contributed by atoms with Gasteiger partial charge in [-0.1, -0.05) is 6.92 Å². The van der Waals surface area contributed by atoms with Gasteiger partial charge in [0.05, 0.1) is 12.8 Å². The lowest BCUT2D eigenvalue weighted by Gasteiger charge is -2.44. The second-order valence-electron chi connectivity index (χ2n) is 5.29. The summed E-state index contributed by atoms with van der Waals surface area (Å²) in [7, 11) is 3.60. The van der Waals surface area contributed by atoms with Crippen LogP contribution in [0.3, 0.4) is 0 Å². The van der Waals surface area contributed by atoms with E-state index in [4.69, 9.17) is 4.74 Å². The summed E-state index contributed by atoms with van der Waals surface area (Å²) in [5.74, 6) is 0.999. The lowest BCUT2D eigenvalue weighted by molar-refractivity contribution is 0.281. The number of ether oxygens (including phenoxy) is 1. The first-order chi connectivity index (χ1) is 9.08. The number of hydrogen-bond acceptors (Lipinski definition) is 3. The second kappa shape index (κ2) is 5.78. The Morgan fingerprint density at radius 1 is 1.37 bits per heavy atom. The lowest BCUT2D eigenvalue weighted by atomic mass is 9.86. The van der Waals surface area contributed by atoms with E-state index in [9.17, 15) is 4.39 Å². The topological polar surface area (TPSA) is 24.5 Å². The number of hydrogen-bond donors (Lipinski definition) is 1. The fraction of sp³-hybridized carbons (Fsp3) is 0.600. The van der Waals surface area contributed by atoms with Crippen LogP contribution in [0.2, 0.25) is 0 Å². The van der Waals surface area contributed by atoms with E-state index in [1.807, 2.05) is 7.05 Å². The fourth-order valence-corrected chi connectivity index (χ4v) is 2.95. The number of rotatable bonds is 3. The number of methoxy groups -OCH3 is 1. The fourth-order valence-electron chi connectivity index (χ4n) is 2.95. The Hall–Kier alpha value is -1.29. The van der Waals surface area contributed by atoms with Crippen LogP contribution in [0.1, 0.15) is 20.3 Å². The van der Waals surface area contributed by atoms with Crippen molar-refractivity contribution in [3.8, 4) is 5.75 Å². The predicted octanol–water partition coefficient (Wildman–Crippen LogP) is 2.66. The lowest BCUT2D eigenvalue weighted by Crippen LogP contribution is -2.53. The number of nitrogens with zero attached hydrogens (tertiary/aromatic N) is 1. The molecule has 4 heteroatoms. The van der Waals surface area contributed by atoms with Gasteiger partial charge in [0, 0.05) is 24.7 Å². The minimum absolute atomic E-state index is 0.178. The van der Waals surface area contributed by atoms with Gasteiger partial charge in [-0.3, -0.25) is 0 Å². The van der Waals surface area contributed by atoms with Crippen LogP contribution in [0.15, 0.2) is 18.2 Å². The molecule has 0 aliphatic carbocycles. The van der Waals surface area contributed by atoms with Crippen LogP contribution in [0.4, 0.5) is 10.1 Å². The summed E-state index contributed by atoms with van der Waals surface area (Å²) >= 11 is 0. The summed E-state index contributed by atoms with van der Waals surface area (Å²) in [5, 5.41) is 3.35. The van der Waals surface area contributed by atoms with Crippen LogP contribution >= 0.6 is 0 Å². The largest absolute Gasteiger partial charge is 0.497 e. The van der Waals surface area contributed by atoms with Gasteiger partial charge in [-0.2, -0.15) is 0 Å². The van der Waals surface area contributed by atoms with Gasteiger partial charge in [-0.05, 0) is 38.4 Å². The molecule has 3 unspecified atom stereocenters. The average molecular weight is 266 g/mol. The van der Waals surface area contributed by atoms with Crippen molar-refractivity contribution in [2.75, 3.05) is 25.6 Å². The van der Waals surface area contributed by atoms with E-state index in [1.54, 1.807) is 19.2 Å². The van der Waals surface area contributed by atoms with Crippen LogP contribution < -0.4 is 15.0 Å². The summed E-state index contributed by atoms with van der Waals surface area (Å²) in [6.07, 6.45) is 1.03. The molecular weight excluding hydrogens is 243 g/mol. The van der Waals surface area contributed by atoms with Crippen molar-refractivity contribution in [2.24, 2.45) is 5.92 Å². The first-order valence-electron chi connectivity index (χ1n) is 6.86. The molecule has 3 atom stereocenters. The summed E-state index contributed by atoms with van der Waals surface area (Å²) in [6, 6.07) is 5.73. The van der Waals surface area contributed by atoms with E-state index in [0.717, 1.165) is 13.0 Å². The van der Waals surface area contributed by atoms with E-state index < -0.39 is 0 Å². The molecule has 0 amide bonds. The van der Waals surface area contributed by atoms with Crippen molar-refractivity contribution in [2.45, 2.75) is 32.4 Å². The van der Waals surface area contributed by atoms with Crippen molar-refractivity contribution in [1.82, 2.24) is 5.32 Å². The predicted molar refractivity (Wildman–Crippen MR) is 76.4 cm³/mol. The van der Waals surface area contributed by atoms with Crippen molar-refractivity contribution in [3.05, 3.63) is 24.0 Å². The minimum Gasteiger partial charge on any atom is -0.497 e. The molecule has 0 aromatic heterocycles. The third kappa shape index (κ3) is 2.68. The van der Waals surface area contributed by atoms with Crippen LogP contribution in [0.5, 0.6) is 5.75 Å². The number of benzene rings is 1. The molecule has 1 fully saturated rings. The Morgan fingerprint density at radius 3 is 2.74 bits per heavy atom. The first kappa shape index (κ1) is 14.1. The standard InChI is InChI=1S/C15H23FN2O/c1-10-11(2)18(8-7-14(10)17-3)15-9-12(19-4)5-6-13(15)16/h5-6,9-11,14,17H,7-8H2,1-4H3. The molecule has 1 aliphatic heterocycles. The highest BCUT2D eigenvalue weighted by Gasteiger charge is 2.32. The molecule has 1 aromatic rings. The molecule has 1 aromatic carbocycles. The minimum atomic E-state index is -0.178. The average Bonchev–Trinajstić information content (AvgIpc) is 2.43. The Bertz CT molecular complexity index is 438. The molecule has 0 radical (unpaired) electrons. The van der Waals surface area contributed by atoms with E-state index >= 15 is 0 Å². The van der Waals surface area contributed by atoms with Gasteiger partial charge >= 0.3 is 0 Å². The monoisotopic (exact) mass is 266 g/mol. The highest BCUT2D eigenvalue weighted by molar-refractivity contribution is 5.53. The number of anilines is 1. The quantitative estimate of drug-likeness (QED) is 0.910. The molecule has 2 rings (SSSR count). The maximum Gasteiger partial charge on any atom is 0.146 e. The van der Waals surface area contributed by atoms with Gasteiger partial charge in [0.25, 0.3) is 0 Å². The van der Waals surface area contributed by atoms with Crippen molar-refractivity contribution in [3.63, 3.8) is 0 Å². The molecule has 0 spiro atoms. The molecule has 1 aliphatic rings. The zero-order valence-electron chi connectivity index (χ0n) is 12.1. The Kier molecular flexibility index (Phi) is 4.30. The summed E-state index contributed by atoms with van der Waals surface area (Å²) < 4.78 is 19.3. The SMILES string of the molecule is CNC1CCN(c2cc(OC)ccc2F)C(C)C1C. The van der Waals surface area contributed by atoms with Crippen molar-refractivity contribution >= 4 is 5.69 Å². The van der Waals surface area contributed by atoms with Gasteiger partial charge in [-0.25, -0.2) is 4.39 Å². The normalized spacial score (nSPS) is 27.4. The Labute approximate surface area is 114 Å². The molecule has 106 valence electrons. The maximum absolute atomic E-state index is 14.1. The van der Waals surface area contributed by atoms with Crippen LogP contribution in [-0.2, 0) is 0 Å². The zero-order chi connectivity index (χ0) is 14.0. The van der Waals surface area contributed by atoms with Crippen LogP contribution in [-0.4, -0.2) is 32.8 Å². The summed E-state index contributed by atoms with van der Waals surface area (Å²) in [5.41, 5.74) is 0.647. The molecule has 19 heavy (non-hydrogen) atoms. The van der Waals surface area contributed by atoms with E-state index in [1.165, 1.54) is 6.07 Å². The molecule has 3 nitrogen and oxygen atoms in total. The molecule has 0 bridgehead atoms. The maximum atomic E-state index is 14.1. The second-order valence-corrected chi connectivity index (χ2v) is 5.29. The molecule has 0 saturated carbocycles. The highest BCUT2D eigenvalue weighted by Crippen LogP contribution is 2.32. The molecule has 1 saturated heterocycles. The van der Waals surface area contributed by atoms with Gasteiger partial charge in [-0.15, -0.1) is 0 Å². The van der Waals surface area contributed by atoms with E-state index in [2.05, 4.69) is 24.1 Å².